The molecule has 8 nitrogen and oxygen atoms in total. The minimum atomic E-state index is -2.58. The second kappa shape index (κ2) is 10.7. The van der Waals surface area contributed by atoms with Gasteiger partial charge in [0, 0.05) is 24.5 Å². The van der Waals surface area contributed by atoms with Gasteiger partial charge in [-0.05, 0) is 31.5 Å². The number of para-hydroxylation sites is 1. The van der Waals surface area contributed by atoms with Crippen molar-refractivity contribution in [2.45, 2.75) is 26.4 Å². The Labute approximate surface area is 193 Å². The summed E-state index contributed by atoms with van der Waals surface area (Å²) in [4.78, 5) is 29.9. The molecule has 1 amide bonds. The molecule has 0 radical (unpaired) electrons. The number of pyridine rings is 1. The number of halogens is 3. The number of amides is 1. The molecule has 3 aromatic rings. The van der Waals surface area contributed by atoms with Crippen LogP contribution in [0.15, 0.2) is 30.5 Å². The number of hydrogen-bond acceptors (Lipinski definition) is 6. The molecule has 0 aliphatic heterocycles. The molecular weight excluding hydrogens is 458 g/mol. The van der Waals surface area contributed by atoms with E-state index in [-0.39, 0.29) is 36.0 Å². The van der Waals surface area contributed by atoms with E-state index in [0.29, 0.717) is 21.7 Å². The topological polar surface area (TPSA) is 95.3 Å². The monoisotopic (exact) mass is 480 g/mol. The summed E-state index contributed by atoms with van der Waals surface area (Å²) < 4.78 is 35.9. The smallest absolute Gasteiger partial charge is 0.340 e. The Kier molecular flexibility index (Phi) is 7.93. The van der Waals surface area contributed by atoms with Crippen molar-refractivity contribution < 1.29 is 27.8 Å². The molecule has 2 aromatic heterocycles. The van der Waals surface area contributed by atoms with Crippen molar-refractivity contribution in [1.29, 1.82) is 0 Å². The standard InChI is InChI=1S/C22H23ClF2N4O4/c1-12(2)33-22(31)14-6-4-5-13-15(16-10-27-29(3)20(16)23)9-17(28-19(13)14)21(30)26-7-8-32-11-18(24)25/h4-6,9-10,12,18H,7-8,11H2,1-3H3,(H,26,30). The van der Waals surface area contributed by atoms with Crippen LogP contribution in [0.3, 0.4) is 0 Å². The summed E-state index contributed by atoms with van der Waals surface area (Å²) in [5.41, 5.74) is 1.57. The number of carbonyl (C=O) groups is 2. The summed E-state index contributed by atoms with van der Waals surface area (Å²) in [6.07, 6.45) is -1.38. The molecule has 0 spiro atoms. The number of alkyl halides is 2. The summed E-state index contributed by atoms with van der Waals surface area (Å²) in [7, 11) is 1.67. The molecule has 2 heterocycles. The molecule has 0 fully saturated rings. The SMILES string of the molecule is CC(C)OC(=O)c1cccc2c(-c3cnn(C)c3Cl)cc(C(=O)NCCOCC(F)F)nc12. The summed E-state index contributed by atoms with van der Waals surface area (Å²) in [5.74, 6) is -1.14. The lowest BCUT2D eigenvalue weighted by atomic mass is 10.00. The third-order valence-corrected chi connectivity index (χ3v) is 5.02. The van der Waals surface area contributed by atoms with E-state index in [2.05, 4.69) is 15.4 Å². The normalized spacial score (nSPS) is 11.4. The first kappa shape index (κ1) is 24.5. The van der Waals surface area contributed by atoms with Crippen molar-refractivity contribution in [1.82, 2.24) is 20.1 Å². The minimum absolute atomic E-state index is 0.00525. The zero-order chi connectivity index (χ0) is 24.1. The van der Waals surface area contributed by atoms with E-state index < -0.39 is 24.9 Å². The second-order valence-corrected chi connectivity index (χ2v) is 7.76. The number of carbonyl (C=O) groups excluding carboxylic acids is 2. The van der Waals surface area contributed by atoms with Gasteiger partial charge in [0.15, 0.2) is 0 Å². The van der Waals surface area contributed by atoms with Gasteiger partial charge in [0.05, 0.1) is 30.0 Å². The highest BCUT2D eigenvalue weighted by Crippen LogP contribution is 2.34. The number of fused-ring (bicyclic) bond motifs is 1. The number of benzene rings is 1. The number of nitrogens with one attached hydrogen (secondary N) is 1. The van der Waals surface area contributed by atoms with E-state index >= 15 is 0 Å². The van der Waals surface area contributed by atoms with Crippen LogP contribution in [-0.2, 0) is 16.5 Å². The van der Waals surface area contributed by atoms with Crippen molar-refractivity contribution in [3.63, 3.8) is 0 Å². The third-order valence-electron chi connectivity index (χ3n) is 4.57. The van der Waals surface area contributed by atoms with Crippen LogP contribution in [0, 0.1) is 0 Å². The van der Waals surface area contributed by atoms with Crippen molar-refractivity contribution in [3.8, 4) is 11.1 Å². The first-order chi connectivity index (χ1) is 15.7. The molecule has 0 saturated heterocycles. The van der Waals surface area contributed by atoms with Gasteiger partial charge < -0.3 is 14.8 Å². The predicted molar refractivity (Wildman–Crippen MR) is 119 cm³/mol. The zero-order valence-electron chi connectivity index (χ0n) is 18.3. The third kappa shape index (κ3) is 5.82. The molecule has 1 aromatic carbocycles. The Morgan fingerprint density at radius 3 is 2.64 bits per heavy atom. The Hall–Kier alpha value is -3.11. The number of aryl methyl sites for hydroxylation is 1. The van der Waals surface area contributed by atoms with Crippen LogP contribution in [-0.4, -0.2) is 58.9 Å². The van der Waals surface area contributed by atoms with Crippen molar-refractivity contribution in [3.05, 3.63) is 46.9 Å². The Balaban J connectivity index is 2.04. The predicted octanol–water partition coefficient (Wildman–Crippen LogP) is 3.87. The van der Waals surface area contributed by atoms with Crippen LogP contribution in [0.5, 0.6) is 0 Å². The van der Waals surface area contributed by atoms with Crippen LogP contribution >= 0.6 is 11.6 Å². The first-order valence-electron chi connectivity index (χ1n) is 10.2. The largest absolute Gasteiger partial charge is 0.459 e. The summed E-state index contributed by atoms with van der Waals surface area (Å²) in [6, 6.07) is 6.55. The Bertz CT molecular complexity index is 1170. The molecule has 0 unspecified atom stereocenters. The molecule has 0 atom stereocenters. The molecule has 11 heteroatoms. The first-order valence-corrected chi connectivity index (χ1v) is 10.5. The van der Waals surface area contributed by atoms with Gasteiger partial charge in [-0.2, -0.15) is 5.10 Å². The number of ether oxygens (including phenoxy) is 2. The van der Waals surface area contributed by atoms with Crippen molar-refractivity contribution in [2.24, 2.45) is 7.05 Å². The molecule has 176 valence electrons. The molecule has 0 aliphatic rings. The summed E-state index contributed by atoms with van der Waals surface area (Å²) >= 11 is 6.40. The second-order valence-electron chi connectivity index (χ2n) is 7.41. The fourth-order valence-corrected chi connectivity index (χ4v) is 3.33. The van der Waals surface area contributed by atoms with Crippen LogP contribution in [0.25, 0.3) is 22.0 Å². The van der Waals surface area contributed by atoms with E-state index in [1.165, 1.54) is 10.7 Å². The van der Waals surface area contributed by atoms with E-state index in [1.807, 2.05) is 0 Å². The van der Waals surface area contributed by atoms with Gasteiger partial charge in [-0.15, -0.1) is 0 Å². The van der Waals surface area contributed by atoms with Gasteiger partial charge in [-0.1, -0.05) is 23.7 Å². The van der Waals surface area contributed by atoms with Gasteiger partial charge in [0.1, 0.15) is 17.5 Å². The molecule has 1 N–H and O–H groups in total. The maximum absolute atomic E-state index is 12.8. The minimum Gasteiger partial charge on any atom is -0.459 e. The fourth-order valence-electron chi connectivity index (χ4n) is 3.13. The number of aromatic nitrogens is 3. The van der Waals surface area contributed by atoms with E-state index in [9.17, 15) is 18.4 Å². The average molecular weight is 481 g/mol. The van der Waals surface area contributed by atoms with Crippen molar-refractivity contribution in [2.75, 3.05) is 19.8 Å². The van der Waals surface area contributed by atoms with Gasteiger partial charge in [0.25, 0.3) is 12.3 Å². The molecule has 0 saturated carbocycles. The van der Waals surface area contributed by atoms with E-state index in [0.717, 1.165) is 0 Å². The van der Waals surface area contributed by atoms with Crippen LogP contribution in [0.4, 0.5) is 8.78 Å². The number of nitrogens with zero attached hydrogens (tertiary/aromatic N) is 3. The zero-order valence-corrected chi connectivity index (χ0v) is 19.0. The lowest BCUT2D eigenvalue weighted by Gasteiger charge is -2.13. The maximum atomic E-state index is 12.8. The van der Waals surface area contributed by atoms with Gasteiger partial charge in [0.2, 0.25) is 0 Å². The highest BCUT2D eigenvalue weighted by molar-refractivity contribution is 6.32. The number of rotatable bonds is 9. The lowest BCUT2D eigenvalue weighted by molar-refractivity contribution is 0.0188. The van der Waals surface area contributed by atoms with E-state index in [1.54, 1.807) is 45.3 Å². The number of hydrogen-bond donors (Lipinski definition) is 1. The van der Waals surface area contributed by atoms with Gasteiger partial charge in [-0.3, -0.25) is 9.48 Å². The number of esters is 1. The quantitative estimate of drug-likeness (QED) is 0.369. The van der Waals surface area contributed by atoms with Crippen LogP contribution in [0.2, 0.25) is 5.15 Å². The van der Waals surface area contributed by atoms with Crippen molar-refractivity contribution >= 4 is 34.4 Å². The highest BCUT2D eigenvalue weighted by atomic mass is 35.5. The van der Waals surface area contributed by atoms with E-state index in [4.69, 9.17) is 21.1 Å². The average Bonchev–Trinajstić information content (AvgIpc) is 3.09. The highest BCUT2D eigenvalue weighted by Gasteiger charge is 2.21. The van der Waals surface area contributed by atoms with Gasteiger partial charge in [-0.25, -0.2) is 18.6 Å². The maximum Gasteiger partial charge on any atom is 0.340 e. The molecular formula is C22H23ClF2N4O4. The molecule has 3 rings (SSSR count). The summed E-state index contributed by atoms with van der Waals surface area (Å²) in [6.45, 7) is 2.66. The molecule has 33 heavy (non-hydrogen) atoms. The Morgan fingerprint density at radius 2 is 2.00 bits per heavy atom. The van der Waals surface area contributed by atoms with Crippen LogP contribution < -0.4 is 5.32 Å². The van der Waals surface area contributed by atoms with Crippen LogP contribution in [0.1, 0.15) is 34.7 Å². The fraction of sp³-hybridized carbons (Fsp3) is 0.364. The Morgan fingerprint density at radius 1 is 1.24 bits per heavy atom. The summed E-state index contributed by atoms with van der Waals surface area (Å²) in [5, 5.41) is 7.65. The van der Waals surface area contributed by atoms with Gasteiger partial charge >= 0.3 is 5.97 Å². The lowest BCUT2D eigenvalue weighted by Crippen LogP contribution is -2.28. The molecule has 0 bridgehead atoms. The molecule has 0 aliphatic carbocycles.